The van der Waals surface area contributed by atoms with Crippen molar-refractivity contribution in [2.75, 3.05) is 19.0 Å². The van der Waals surface area contributed by atoms with Gasteiger partial charge in [0, 0.05) is 13.2 Å². The number of fused-ring (bicyclic) bond motifs is 1. The normalized spacial score (nSPS) is 16.8. The smallest absolute Gasteiger partial charge is 0.321 e. The molecule has 6 heteroatoms. The zero-order chi connectivity index (χ0) is 13.9. The quantitative estimate of drug-likeness (QED) is 0.914. The molecule has 0 saturated heterocycles. The number of nitrogens with one attached hydrogen (secondary N) is 1. The molecule has 1 atom stereocenters. The Labute approximate surface area is 117 Å². The maximum Gasteiger partial charge on any atom is 0.321 e. The summed E-state index contributed by atoms with van der Waals surface area (Å²) in [5.74, 6) is 1.38. The third-order valence-electron chi connectivity index (χ3n) is 3.40. The Morgan fingerprint density at radius 2 is 2.25 bits per heavy atom. The van der Waals surface area contributed by atoms with Crippen molar-refractivity contribution in [3.63, 3.8) is 0 Å². The van der Waals surface area contributed by atoms with E-state index in [-0.39, 0.29) is 5.92 Å². The van der Waals surface area contributed by atoms with Crippen LogP contribution in [0.1, 0.15) is 36.3 Å². The van der Waals surface area contributed by atoms with E-state index < -0.39 is 0 Å². The minimum atomic E-state index is 0.125. The van der Waals surface area contributed by atoms with Gasteiger partial charge in [0.05, 0.1) is 18.2 Å². The van der Waals surface area contributed by atoms with Gasteiger partial charge in [0.25, 0.3) is 0 Å². The molecule has 0 bridgehead atoms. The molecule has 20 heavy (non-hydrogen) atoms. The van der Waals surface area contributed by atoms with Gasteiger partial charge in [-0.1, -0.05) is 6.07 Å². The molecular weight excluding hydrogens is 254 g/mol. The van der Waals surface area contributed by atoms with Crippen molar-refractivity contribution in [1.29, 1.82) is 0 Å². The number of rotatable bonds is 4. The van der Waals surface area contributed by atoms with Gasteiger partial charge in [-0.3, -0.25) is 4.98 Å². The maximum absolute atomic E-state index is 5.41. The zero-order valence-electron chi connectivity index (χ0n) is 11.6. The Hall–Kier alpha value is -2.24. The fraction of sp³-hybridized carbons (Fsp3) is 0.429. The molecule has 1 aliphatic carbocycles. The van der Waals surface area contributed by atoms with Crippen LogP contribution in [0.5, 0.6) is 6.01 Å². The lowest BCUT2D eigenvalue weighted by molar-refractivity contribution is 0.309. The summed E-state index contributed by atoms with van der Waals surface area (Å²) in [6.45, 7) is 2.45. The summed E-state index contributed by atoms with van der Waals surface area (Å²) < 4.78 is 5.41. The van der Waals surface area contributed by atoms with E-state index in [4.69, 9.17) is 4.74 Å². The number of pyridine rings is 1. The van der Waals surface area contributed by atoms with Gasteiger partial charge < -0.3 is 10.1 Å². The molecule has 0 spiro atoms. The summed E-state index contributed by atoms with van der Waals surface area (Å²) in [6.07, 6.45) is 3.81. The van der Waals surface area contributed by atoms with E-state index >= 15 is 0 Å². The lowest BCUT2D eigenvalue weighted by Crippen LogP contribution is -2.10. The molecule has 6 nitrogen and oxygen atoms in total. The first-order valence-corrected chi connectivity index (χ1v) is 6.82. The monoisotopic (exact) mass is 271 g/mol. The van der Waals surface area contributed by atoms with E-state index in [0.29, 0.717) is 18.6 Å². The second-order valence-electron chi connectivity index (χ2n) is 4.62. The molecule has 2 aromatic heterocycles. The highest BCUT2D eigenvalue weighted by Gasteiger charge is 2.28. The molecule has 2 aromatic rings. The first kappa shape index (κ1) is 12.8. The number of anilines is 1. The number of nitrogens with zero attached hydrogens (tertiary/aromatic N) is 4. The highest BCUT2D eigenvalue weighted by molar-refractivity contribution is 5.35. The highest BCUT2D eigenvalue weighted by atomic mass is 16.5. The number of ether oxygens (including phenoxy) is 1. The second-order valence-corrected chi connectivity index (χ2v) is 4.62. The minimum Gasteiger partial charge on any atom is -0.464 e. The molecule has 0 fully saturated rings. The van der Waals surface area contributed by atoms with Crippen LogP contribution in [-0.2, 0) is 6.42 Å². The fourth-order valence-corrected chi connectivity index (χ4v) is 2.50. The first-order chi connectivity index (χ1) is 9.81. The average Bonchev–Trinajstić information content (AvgIpc) is 2.91. The SMILES string of the molecule is CCOc1nc(NC)nc(C2CCc3cccnc32)n1. The largest absolute Gasteiger partial charge is 0.464 e. The van der Waals surface area contributed by atoms with Crippen molar-refractivity contribution in [3.8, 4) is 6.01 Å². The molecule has 3 rings (SSSR count). The molecule has 0 aliphatic heterocycles. The Bertz CT molecular complexity index is 616. The van der Waals surface area contributed by atoms with Crippen molar-refractivity contribution in [2.24, 2.45) is 0 Å². The van der Waals surface area contributed by atoms with E-state index in [1.807, 2.05) is 19.2 Å². The van der Waals surface area contributed by atoms with Crippen molar-refractivity contribution in [1.82, 2.24) is 19.9 Å². The van der Waals surface area contributed by atoms with Crippen molar-refractivity contribution >= 4 is 5.95 Å². The van der Waals surface area contributed by atoms with Crippen molar-refractivity contribution in [2.45, 2.75) is 25.7 Å². The van der Waals surface area contributed by atoms with E-state index in [0.717, 1.165) is 24.4 Å². The highest BCUT2D eigenvalue weighted by Crippen LogP contribution is 2.35. The first-order valence-electron chi connectivity index (χ1n) is 6.82. The molecule has 1 aliphatic rings. The standard InChI is InChI=1S/C14H17N5O/c1-3-20-14-18-12(17-13(15-2)19-14)10-7-6-9-5-4-8-16-11(9)10/h4-5,8,10H,3,6-7H2,1-2H3,(H,15,17,18,19). The van der Waals surface area contributed by atoms with E-state index in [1.165, 1.54) is 5.56 Å². The van der Waals surface area contributed by atoms with Crippen LogP contribution in [0.3, 0.4) is 0 Å². The number of aryl methyl sites for hydroxylation is 1. The molecule has 0 aromatic carbocycles. The molecule has 1 unspecified atom stereocenters. The Kier molecular flexibility index (Phi) is 3.45. The van der Waals surface area contributed by atoms with Crippen molar-refractivity contribution in [3.05, 3.63) is 35.4 Å². The second kappa shape index (κ2) is 5.40. The van der Waals surface area contributed by atoms with Gasteiger partial charge in [-0.2, -0.15) is 15.0 Å². The lowest BCUT2D eigenvalue weighted by Gasteiger charge is -2.11. The topological polar surface area (TPSA) is 72.8 Å². The van der Waals surface area contributed by atoms with Gasteiger partial charge in [-0.25, -0.2) is 0 Å². The molecule has 1 N–H and O–H groups in total. The molecule has 104 valence electrons. The van der Waals surface area contributed by atoms with Gasteiger partial charge >= 0.3 is 6.01 Å². The third kappa shape index (κ3) is 2.29. The van der Waals surface area contributed by atoms with Crippen LogP contribution >= 0.6 is 0 Å². The van der Waals surface area contributed by atoms with Gasteiger partial charge in [0.1, 0.15) is 5.82 Å². The molecule has 0 radical (unpaired) electrons. The van der Waals surface area contributed by atoms with Gasteiger partial charge in [0.2, 0.25) is 5.95 Å². The van der Waals surface area contributed by atoms with Crippen molar-refractivity contribution < 1.29 is 4.74 Å². The van der Waals surface area contributed by atoms with Crippen LogP contribution in [0, 0.1) is 0 Å². The van der Waals surface area contributed by atoms with Crippen LogP contribution in [0.4, 0.5) is 5.95 Å². The molecular formula is C14H17N5O. The van der Waals surface area contributed by atoms with Gasteiger partial charge in [-0.05, 0) is 31.4 Å². The number of aromatic nitrogens is 4. The van der Waals surface area contributed by atoms with Crippen LogP contribution in [-0.4, -0.2) is 33.6 Å². The summed E-state index contributed by atoms with van der Waals surface area (Å²) in [7, 11) is 1.79. The molecule has 2 heterocycles. The predicted octanol–water partition coefficient (Wildman–Crippen LogP) is 1.79. The Balaban J connectivity index is 2.00. The maximum atomic E-state index is 5.41. The lowest BCUT2D eigenvalue weighted by atomic mass is 10.1. The van der Waals surface area contributed by atoms with Crippen LogP contribution < -0.4 is 10.1 Å². The molecule has 0 saturated carbocycles. The Morgan fingerprint density at radius 3 is 3.05 bits per heavy atom. The molecule has 0 amide bonds. The number of hydrogen-bond acceptors (Lipinski definition) is 6. The Morgan fingerprint density at radius 1 is 1.35 bits per heavy atom. The summed E-state index contributed by atoms with van der Waals surface area (Å²) in [5, 5.41) is 2.95. The van der Waals surface area contributed by atoms with Gasteiger partial charge in [-0.15, -0.1) is 0 Å². The van der Waals surface area contributed by atoms with E-state index in [9.17, 15) is 0 Å². The van der Waals surface area contributed by atoms with Crippen LogP contribution in [0.2, 0.25) is 0 Å². The number of hydrogen-bond donors (Lipinski definition) is 1. The van der Waals surface area contributed by atoms with Crippen LogP contribution in [0.25, 0.3) is 0 Å². The zero-order valence-corrected chi connectivity index (χ0v) is 11.6. The summed E-state index contributed by atoms with van der Waals surface area (Å²) >= 11 is 0. The fourth-order valence-electron chi connectivity index (χ4n) is 2.50. The summed E-state index contributed by atoms with van der Waals surface area (Å²) in [6, 6.07) is 4.46. The summed E-state index contributed by atoms with van der Waals surface area (Å²) in [5.41, 5.74) is 2.35. The minimum absolute atomic E-state index is 0.125. The van der Waals surface area contributed by atoms with Gasteiger partial charge in [0.15, 0.2) is 0 Å². The van der Waals surface area contributed by atoms with E-state index in [2.05, 4.69) is 31.3 Å². The van der Waals surface area contributed by atoms with E-state index in [1.54, 1.807) is 7.05 Å². The third-order valence-corrected chi connectivity index (χ3v) is 3.40. The summed E-state index contributed by atoms with van der Waals surface area (Å²) in [4.78, 5) is 17.6. The van der Waals surface area contributed by atoms with Crippen LogP contribution in [0.15, 0.2) is 18.3 Å². The predicted molar refractivity (Wildman–Crippen MR) is 74.9 cm³/mol. The average molecular weight is 271 g/mol.